The number of methoxy groups -OCH3 is 6. The van der Waals surface area contributed by atoms with Crippen LogP contribution >= 0.6 is 91.3 Å². The summed E-state index contributed by atoms with van der Waals surface area (Å²) < 4.78 is 61.5. The van der Waals surface area contributed by atoms with Gasteiger partial charge in [-0.05, 0) is 308 Å². The fraction of sp³-hybridized carbons (Fsp3) is 0.120. The maximum Gasteiger partial charge on any atom is 0.290 e. The molecule has 0 unspecified atom stereocenters. The van der Waals surface area contributed by atoms with Gasteiger partial charge in [0.25, 0.3) is 5.69 Å². The number of hydrogen-bond acceptors (Lipinski definition) is 22. The van der Waals surface area contributed by atoms with E-state index in [2.05, 4.69) is 126 Å². The maximum atomic E-state index is 13.4. The first-order chi connectivity index (χ1) is 66.4. The Morgan fingerprint density at radius 3 is 0.878 bits per heavy atom. The van der Waals surface area contributed by atoms with Crippen LogP contribution in [0.3, 0.4) is 0 Å². The van der Waals surface area contributed by atoms with Gasteiger partial charge in [0.05, 0.1) is 110 Å². The van der Waals surface area contributed by atoms with Gasteiger partial charge < -0.3 is 64.2 Å². The summed E-state index contributed by atoms with van der Waals surface area (Å²) in [5, 5.41) is 79.9. The Bertz CT molecular complexity index is 6910. The molecule has 7 N–H and O–H groups in total. The molecule has 0 aliphatic heterocycles. The van der Waals surface area contributed by atoms with Crippen molar-refractivity contribution in [1.29, 1.82) is 0 Å². The summed E-state index contributed by atoms with van der Waals surface area (Å²) in [6, 6.07) is 67.4. The van der Waals surface area contributed by atoms with Gasteiger partial charge >= 0.3 is 0 Å². The van der Waals surface area contributed by atoms with Gasteiger partial charge in [-0.3, -0.25) is 45.1 Å². The van der Waals surface area contributed by atoms with Gasteiger partial charge in [0.15, 0.2) is 23.0 Å². The fourth-order valence-electron chi connectivity index (χ4n) is 12.3. The van der Waals surface area contributed by atoms with Crippen LogP contribution in [-0.2, 0) is 0 Å². The Labute approximate surface area is 851 Å². The average molecular weight is 2220 g/mol. The first-order valence-electron chi connectivity index (χ1n) is 41.4. The lowest BCUT2D eigenvalue weighted by molar-refractivity contribution is -0.384. The summed E-state index contributed by atoms with van der Waals surface area (Å²) in [6.07, 6.45) is 21.4. The molecule has 31 heteroatoms. The summed E-state index contributed by atoms with van der Waals surface area (Å²) in [4.78, 5) is 39.8. The number of nitrogens with zero attached hydrogens (tertiary/aromatic N) is 8. The van der Waals surface area contributed by atoms with Crippen LogP contribution in [0.1, 0.15) is 89.0 Å². The van der Waals surface area contributed by atoms with Gasteiger partial charge in [-0.15, -0.1) is 12.8 Å². The molecule has 139 heavy (non-hydrogen) atoms. The van der Waals surface area contributed by atoms with Crippen LogP contribution in [0.5, 0.6) is 74.7 Å². The van der Waals surface area contributed by atoms with Gasteiger partial charge in [-0.1, -0.05) is 89.2 Å². The molecule has 0 aliphatic rings. The SMILES string of the molecule is C#Cc1cccc(N=Cc2cc(C)cc(Br)c2O)c1.C#Cc1cccc(N=Cc2cc(C)ccc2O)c1.COc1cc(N=Cc2cc(C)cc(Br)c2O)cc(OC)c1OC.COc1cc(N=Cc2cc(C)ccc2O)cc(OC)c1OC.Cc1cc(Br)c(O)c(C=Nc2cccc([N+](=O)[O-])c2Cl)c1.Cc1cc(Br)c(O)c(C=Nc2ccccc2F)c1.Cc1cc(Br)c(O)c(C=Nc2ccccc2F)c1. The Hall–Kier alpha value is -14.8. The summed E-state index contributed by atoms with van der Waals surface area (Å²) >= 11 is 22.3. The monoisotopic (exact) mass is 2210 g/mol. The average Bonchev–Trinajstić information content (AvgIpc) is 0.823. The molecule has 712 valence electrons. The molecule has 0 amide bonds. The molecule has 0 saturated carbocycles. The summed E-state index contributed by atoms with van der Waals surface area (Å²) in [5.41, 5.74) is 16.2. The highest BCUT2D eigenvalue weighted by molar-refractivity contribution is 9.11. The smallest absolute Gasteiger partial charge is 0.290 e. The van der Waals surface area contributed by atoms with Gasteiger partial charge in [0.1, 0.15) is 56.9 Å². The zero-order valence-electron chi connectivity index (χ0n) is 77.2. The molecule has 14 rings (SSSR count). The molecule has 14 aromatic rings. The molecule has 0 radical (unpaired) electrons. The minimum atomic E-state index is -0.567. The second-order valence-corrected chi connectivity index (χ2v) is 34.4. The zero-order valence-corrected chi connectivity index (χ0v) is 85.9. The van der Waals surface area contributed by atoms with Crippen molar-refractivity contribution >= 4 is 180 Å². The second kappa shape index (κ2) is 54.3. The number of aryl methyl sites for hydroxylation is 7. The Balaban J connectivity index is 0.000000199. The van der Waals surface area contributed by atoms with E-state index >= 15 is 0 Å². The van der Waals surface area contributed by atoms with E-state index in [-0.39, 0.29) is 79.7 Å². The molecular weight excluding hydrogens is 2120 g/mol. The molecule has 0 saturated heterocycles. The molecule has 0 aliphatic carbocycles. The van der Waals surface area contributed by atoms with Crippen molar-refractivity contribution in [2.75, 3.05) is 42.7 Å². The van der Waals surface area contributed by atoms with E-state index in [1.54, 1.807) is 183 Å². The lowest BCUT2D eigenvalue weighted by Crippen LogP contribution is -1.94. The topological polar surface area (TPSA) is 327 Å². The number of aliphatic imine (C=N–C) groups is 7. The van der Waals surface area contributed by atoms with Crippen molar-refractivity contribution < 1.29 is 77.9 Å². The number of halogens is 8. The lowest BCUT2D eigenvalue weighted by atomic mass is 10.1. The number of phenols is 7. The van der Waals surface area contributed by atoms with Crippen molar-refractivity contribution in [3.8, 4) is 99.4 Å². The lowest BCUT2D eigenvalue weighted by Gasteiger charge is -2.12. The zero-order chi connectivity index (χ0) is 102. The van der Waals surface area contributed by atoms with Crippen molar-refractivity contribution in [3.63, 3.8) is 0 Å². The molecule has 0 atom stereocenters. The van der Waals surface area contributed by atoms with Crippen LogP contribution in [0.2, 0.25) is 5.02 Å². The van der Waals surface area contributed by atoms with E-state index < -0.39 is 4.92 Å². The van der Waals surface area contributed by atoms with Crippen molar-refractivity contribution in [2.24, 2.45) is 34.9 Å². The highest BCUT2D eigenvalue weighted by atomic mass is 79.9. The van der Waals surface area contributed by atoms with Crippen molar-refractivity contribution in [1.82, 2.24) is 0 Å². The van der Waals surface area contributed by atoms with Gasteiger partial charge in [0, 0.05) is 124 Å². The number of phenolic OH excluding ortho intramolecular Hbond substituents is 7. The predicted molar refractivity (Wildman–Crippen MR) is 571 cm³/mol. The number of nitro groups is 1. The third kappa shape index (κ3) is 33.0. The second-order valence-electron chi connectivity index (χ2n) is 29.8. The van der Waals surface area contributed by atoms with Gasteiger partial charge in [0.2, 0.25) is 11.5 Å². The molecular formula is C108H94Br5ClF2N8O15. The van der Waals surface area contributed by atoms with Crippen LogP contribution in [0.25, 0.3) is 0 Å². The quantitative estimate of drug-likeness (QED) is 0.0152. The number of rotatable bonds is 21. The number of benzene rings is 14. The summed E-state index contributed by atoms with van der Waals surface area (Å²) in [7, 11) is 9.30. The van der Waals surface area contributed by atoms with E-state index in [4.69, 9.17) is 52.9 Å². The number of ether oxygens (including phenoxy) is 6. The molecule has 0 heterocycles. The number of para-hydroxylation sites is 2. The highest BCUT2D eigenvalue weighted by Gasteiger charge is 2.19. The normalized spacial score (nSPS) is 10.8. The number of hydrogen-bond donors (Lipinski definition) is 7. The standard InChI is InChI=1S/C17H18BrNO4.C17H19NO4.C16H12BrNO.C16H13NO.C14H10BrClN2O3.2C14H11BrFNO/c1-10-5-11(16(20)13(18)6-10)9-19-12-7-14(21-2)17(23-4)15(8-12)22-3;1-11-5-6-14(19)12(7-11)10-18-13-8-15(20-2)17(22-4)16(9-13)21-3;1-3-12-5-4-6-14(9-12)18-10-13-7-11(2)8-15(17)16(13)19;1-3-13-5-4-6-15(10-13)17-11-14-9-12(2)7-8-16(14)18;1-8-5-9(14(19)10(15)6-8)7-17-11-3-2-4-12(13(11)16)18(20)21;2*1-9-6-10(14(18)11(15)7-9)8-17-13-5-3-2-4-12(13)16/h5-9,20H,1-4H3;5-10,19H,1-4H3;1,4-10,19H,2H3;1,4-11,18H,2H3;2-7,19H,1H3;2*2-8,18H,1H3. The van der Waals surface area contributed by atoms with E-state index in [1.165, 1.54) is 42.9 Å². The maximum absolute atomic E-state index is 13.4. The van der Waals surface area contributed by atoms with Crippen LogP contribution in [0.15, 0.2) is 294 Å². The fourth-order valence-corrected chi connectivity index (χ4v) is 15.5. The Morgan fingerprint density at radius 2 is 0.590 bits per heavy atom. The van der Waals surface area contributed by atoms with Gasteiger partial charge in [-0.25, -0.2) is 8.78 Å². The Kier molecular flexibility index (Phi) is 42.8. The van der Waals surface area contributed by atoms with Crippen molar-refractivity contribution in [2.45, 2.75) is 48.5 Å². The third-order valence-corrected chi connectivity index (χ3v) is 22.6. The molecule has 0 fully saturated rings. The number of aromatic hydroxyl groups is 7. The molecule has 14 aromatic carbocycles. The highest BCUT2D eigenvalue weighted by Crippen LogP contribution is 2.44. The minimum absolute atomic E-state index is 0.0371. The minimum Gasteiger partial charge on any atom is -0.507 e. The largest absolute Gasteiger partial charge is 0.507 e. The van der Waals surface area contributed by atoms with Crippen LogP contribution in [0, 0.1) is 94.9 Å². The van der Waals surface area contributed by atoms with Crippen LogP contribution < -0.4 is 28.4 Å². The molecule has 0 spiro atoms. The Morgan fingerprint density at radius 1 is 0.324 bits per heavy atom. The number of nitro benzene ring substituents is 1. The van der Waals surface area contributed by atoms with E-state index in [0.29, 0.717) is 107 Å². The van der Waals surface area contributed by atoms with Crippen LogP contribution in [0.4, 0.5) is 54.3 Å². The first kappa shape index (κ1) is 110. The summed E-state index contributed by atoms with van der Waals surface area (Å²) in [5.74, 6) is 8.45. The number of terminal acetylenes is 2. The molecule has 0 aromatic heterocycles. The third-order valence-electron chi connectivity index (χ3n) is 19.2. The van der Waals surface area contributed by atoms with Crippen LogP contribution in [-0.4, -0.2) is 127 Å². The van der Waals surface area contributed by atoms with Gasteiger partial charge in [-0.2, -0.15) is 0 Å². The predicted octanol–water partition coefficient (Wildman–Crippen LogP) is 28.8. The van der Waals surface area contributed by atoms with E-state index in [1.807, 2.05) is 146 Å². The first-order valence-corrected chi connectivity index (χ1v) is 45.8. The molecule has 0 bridgehead atoms. The van der Waals surface area contributed by atoms with E-state index in [9.17, 15) is 54.6 Å². The van der Waals surface area contributed by atoms with E-state index in [0.717, 1.165) is 61.4 Å². The summed E-state index contributed by atoms with van der Waals surface area (Å²) in [6.45, 7) is 13.5. The molecule has 23 nitrogen and oxygen atoms in total. The van der Waals surface area contributed by atoms with Crippen molar-refractivity contribution in [3.05, 3.63) is 375 Å².